The maximum absolute atomic E-state index is 13.5. The minimum Gasteiger partial charge on any atom is -0.307 e. The lowest BCUT2D eigenvalue weighted by atomic mass is 10.1. The summed E-state index contributed by atoms with van der Waals surface area (Å²) in [5.41, 5.74) is 2.74. The van der Waals surface area contributed by atoms with Crippen LogP contribution in [0.5, 0.6) is 0 Å². The highest BCUT2D eigenvalue weighted by Gasteiger charge is 2.21. The van der Waals surface area contributed by atoms with Crippen LogP contribution >= 0.6 is 0 Å². The number of para-hydroxylation sites is 2. The first kappa shape index (κ1) is 20.3. The zero-order chi connectivity index (χ0) is 22.8. The van der Waals surface area contributed by atoms with E-state index in [1.54, 1.807) is 4.68 Å². The fourth-order valence-electron chi connectivity index (χ4n) is 4.03. The van der Waals surface area contributed by atoms with Crippen molar-refractivity contribution in [2.24, 2.45) is 0 Å². The highest BCUT2D eigenvalue weighted by atomic mass is 16.2. The number of fused-ring (bicyclic) bond motifs is 1. The second-order valence-electron chi connectivity index (χ2n) is 7.67. The van der Waals surface area contributed by atoms with Crippen molar-refractivity contribution in [3.63, 3.8) is 0 Å². The van der Waals surface area contributed by atoms with Gasteiger partial charge in [-0.1, -0.05) is 72.8 Å². The van der Waals surface area contributed by atoms with Crippen LogP contribution in [0.25, 0.3) is 22.1 Å². The molecule has 0 saturated heterocycles. The van der Waals surface area contributed by atoms with Crippen molar-refractivity contribution in [2.45, 2.75) is 6.92 Å². The van der Waals surface area contributed by atoms with Crippen LogP contribution in [0.2, 0.25) is 0 Å². The van der Waals surface area contributed by atoms with E-state index in [2.05, 4.69) is 10.6 Å². The van der Waals surface area contributed by atoms with Gasteiger partial charge in [0.2, 0.25) is 0 Å². The topological polar surface area (TPSA) is 68.1 Å². The predicted octanol–water partition coefficient (Wildman–Crippen LogP) is 5.73. The Balaban J connectivity index is 1.55. The molecule has 0 aliphatic heterocycles. The molecule has 0 unspecified atom stereocenters. The average Bonchev–Trinajstić information content (AvgIpc) is 3.10. The molecule has 4 aromatic carbocycles. The van der Waals surface area contributed by atoms with Gasteiger partial charge >= 0.3 is 6.03 Å². The maximum atomic E-state index is 13.5. The molecule has 0 saturated carbocycles. The van der Waals surface area contributed by atoms with Gasteiger partial charge in [-0.05, 0) is 42.6 Å². The molecule has 0 aliphatic rings. The Morgan fingerprint density at radius 3 is 1.94 bits per heavy atom. The smallest absolute Gasteiger partial charge is 0.307 e. The predicted molar refractivity (Wildman–Crippen MR) is 133 cm³/mol. The fraction of sp³-hybridized carbons (Fsp3) is 0.0370. The quantitative estimate of drug-likeness (QED) is 0.379. The van der Waals surface area contributed by atoms with Gasteiger partial charge in [-0.25, -0.2) is 14.2 Å². The summed E-state index contributed by atoms with van der Waals surface area (Å²) < 4.78 is 3.38. The molecule has 0 bridgehead atoms. The van der Waals surface area contributed by atoms with E-state index in [-0.39, 0.29) is 11.2 Å². The van der Waals surface area contributed by atoms with Crippen LogP contribution in [0.1, 0.15) is 5.69 Å². The molecule has 0 radical (unpaired) electrons. The monoisotopic (exact) mass is 434 g/mol. The third kappa shape index (κ3) is 3.78. The fourth-order valence-corrected chi connectivity index (χ4v) is 4.03. The first-order valence-electron chi connectivity index (χ1n) is 10.6. The minimum atomic E-state index is -0.475. The molecule has 5 aromatic rings. The van der Waals surface area contributed by atoms with Gasteiger partial charge in [0, 0.05) is 5.39 Å². The van der Waals surface area contributed by atoms with Crippen molar-refractivity contribution in [2.75, 3.05) is 10.6 Å². The van der Waals surface area contributed by atoms with Crippen LogP contribution in [0.4, 0.5) is 16.2 Å². The molecule has 6 nitrogen and oxygen atoms in total. The number of hydrogen-bond acceptors (Lipinski definition) is 2. The molecule has 2 N–H and O–H groups in total. The number of nitrogens with one attached hydrogen (secondary N) is 2. The number of benzene rings is 4. The number of urea groups is 1. The molecule has 6 heteroatoms. The molecule has 1 heterocycles. The maximum Gasteiger partial charge on any atom is 0.323 e. The first-order chi connectivity index (χ1) is 16.1. The molecule has 0 aliphatic carbocycles. The van der Waals surface area contributed by atoms with Gasteiger partial charge in [-0.3, -0.25) is 4.79 Å². The number of carbonyl (C=O) groups excluding carboxylic acids is 1. The van der Waals surface area contributed by atoms with Crippen LogP contribution < -0.4 is 16.2 Å². The van der Waals surface area contributed by atoms with Crippen molar-refractivity contribution in [3.05, 3.63) is 119 Å². The van der Waals surface area contributed by atoms with E-state index in [0.29, 0.717) is 17.1 Å². The molecular formula is C27H22N4O2. The number of amides is 2. The van der Waals surface area contributed by atoms with E-state index >= 15 is 0 Å². The standard InChI is InChI=1S/C27H22N4O2/c1-19-25(29-27(33)28-24-18-10-12-20-11-8-9-17-23(20)24)26(32)31(22-15-6-3-7-16-22)30(19)21-13-4-2-5-14-21/h2-18H,1H3,(H2,28,29,33). The molecule has 5 rings (SSSR count). The van der Waals surface area contributed by atoms with Gasteiger partial charge < -0.3 is 10.6 Å². The van der Waals surface area contributed by atoms with E-state index in [1.807, 2.05) is 115 Å². The van der Waals surface area contributed by atoms with Gasteiger partial charge in [-0.15, -0.1) is 0 Å². The van der Waals surface area contributed by atoms with Gasteiger partial charge in [0.15, 0.2) is 0 Å². The number of rotatable bonds is 4. The Hall–Kier alpha value is -4.58. The lowest BCUT2D eigenvalue weighted by Gasteiger charge is -2.13. The van der Waals surface area contributed by atoms with E-state index in [1.165, 1.54) is 0 Å². The van der Waals surface area contributed by atoms with Crippen LogP contribution in [0, 0.1) is 6.92 Å². The molecule has 0 atom stereocenters. The van der Waals surface area contributed by atoms with E-state index in [9.17, 15) is 9.59 Å². The minimum absolute atomic E-state index is 0.223. The number of carbonyl (C=O) groups is 1. The van der Waals surface area contributed by atoms with Crippen molar-refractivity contribution in [1.82, 2.24) is 9.36 Å². The van der Waals surface area contributed by atoms with Crippen LogP contribution in [-0.2, 0) is 0 Å². The largest absolute Gasteiger partial charge is 0.323 e. The Labute approximate surface area is 190 Å². The summed E-state index contributed by atoms with van der Waals surface area (Å²) in [5, 5.41) is 7.62. The summed E-state index contributed by atoms with van der Waals surface area (Å²) in [6.07, 6.45) is 0. The lowest BCUT2D eigenvalue weighted by molar-refractivity contribution is 0.262. The molecule has 33 heavy (non-hydrogen) atoms. The van der Waals surface area contributed by atoms with Crippen molar-refractivity contribution >= 4 is 28.2 Å². The number of anilines is 2. The van der Waals surface area contributed by atoms with E-state index in [4.69, 9.17) is 0 Å². The third-order valence-electron chi connectivity index (χ3n) is 5.56. The van der Waals surface area contributed by atoms with Crippen LogP contribution in [0.15, 0.2) is 108 Å². The molecule has 0 fully saturated rings. The zero-order valence-corrected chi connectivity index (χ0v) is 18.0. The molecule has 162 valence electrons. The highest BCUT2D eigenvalue weighted by Crippen LogP contribution is 2.24. The van der Waals surface area contributed by atoms with Gasteiger partial charge in [0.25, 0.3) is 5.56 Å². The van der Waals surface area contributed by atoms with Crippen molar-refractivity contribution in [1.29, 1.82) is 0 Å². The normalized spacial score (nSPS) is 10.8. The Kier molecular flexibility index (Phi) is 5.24. The Bertz CT molecular complexity index is 1500. The zero-order valence-electron chi connectivity index (χ0n) is 18.0. The summed E-state index contributed by atoms with van der Waals surface area (Å²) in [7, 11) is 0. The highest BCUT2D eigenvalue weighted by molar-refractivity contribution is 6.06. The first-order valence-corrected chi connectivity index (χ1v) is 10.6. The second-order valence-corrected chi connectivity index (χ2v) is 7.67. The summed E-state index contributed by atoms with van der Waals surface area (Å²) >= 11 is 0. The molecule has 2 amide bonds. The van der Waals surface area contributed by atoms with Gasteiger partial charge in [0.05, 0.1) is 22.8 Å². The third-order valence-corrected chi connectivity index (χ3v) is 5.56. The lowest BCUT2D eigenvalue weighted by Crippen LogP contribution is -2.25. The molecule has 0 spiro atoms. The molecule has 1 aromatic heterocycles. The molecular weight excluding hydrogens is 412 g/mol. The average molecular weight is 434 g/mol. The van der Waals surface area contributed by atoms with Crippen LogP contribution in [-0.4, -0.2) is 15.4 Å². The number of hydrogen-bond donors (Lipinski definition) is 2. The Morgan fingerprint density at radius 2 is 1.24 bits per heavy atom. The van der Waals surface area contributed by atoms with Crippen molar-refractivity contribution in [3.8, 4) is 11.4 Å². The van der Waals surface area contributed by atoms with Gasteiger partial charge in [-0.2, -0.15) is 0 Å². The summed E-state index contributed by atoms with van der Waals surface area (Å²) in [4.78, 5) is 26.4. The van der Waals surface area contributed by atoms with Crippen molar-refractivity contribution < 1.29 is 4.79 Å². The summed E-state index contributed by atoms with van der Waals surface area (Å²) in [5.74, 6) is 0. The van der Waals surface area contributed by atoms with Crippen LogP contribution in [0.3, 0.4) is 0 Å². The number of nitrogens with zero attached hydrogens (tertiary/aromatic N) is 2. The Morgan fingerprint density at radius 1 is 0.667 bits per heavy atom. The number of aromatic nitrogens is 2. The van der Waals surface area contributed by atoms with E-state index < -0.39 is 6.03 Å². The van der Waals surface area contributed by atoms with Gasteiger partial charge in [0.1, 0.15) is 5.69 Å². The summed E-state index contributed by atoms with van der Waals surface area (Å²) in [6, 6.07) is 32.0. The SMILES string of the molecule is Cc1c(NC(=O)Nc2cccc3ccccc23)c(=O)n(-c2ccccc2)n1-c1ccccc1. The summed E-state index contributed by atoms with van der Waals surface area (Å²) in [6.45, 7) is 1.82. The second kappa shape index (κ2) is 8.51. The van der Waals surface area contributed by atoms with E-state index in [0.717, 1.165) is 16.5 Å².